The average molecular weight is 271 g/mol. The van der Waals surface area contributed by atoms with Crippen molar-refractivity contribution in [3.63, 3.8) is 0 Å². The summed E-state index contributed by atoms with van der Waals surface area (Å²) >= 11 is 0. The zero-order chi connectivity index (χ0) is 12.3. The van der Waals surface area contributed by atoms with E-state index in [0.29, 0.717) is 0 Å². The van der Waals surface area contributed by atoms with Crippen LogP contribution in [0.5, 0.6) is 0 Å². The van der Waals surface area contributed by atoms with Crippen molar-refractivity contribution in [3.8, 4) is 0 Å². The van der Waals surface area contributed by atoms with Gasteiger partial charge in [0.15, 0.2) is 0 Å². The molecule has 1 aromatic carbocycles. The number of nitrogens with zero attached hydrogens (tertiary/aromatic N) is 1. The molecule has 0 aliphatic carbocycles. The molecule has 0 saturated carbocycles. The van der Waals surface area contributed by atoms with E-state index in [0.717, 1.165) is 26.2 Å². The largest absolute Gasteiger partial charge is 0.394 e. The molecule has 0 amide bonds. The van der Waals surface area contributed by atoms with E-state index >= 15 is 0 Å². The number of halogens is 1. The maximum atomic E-state index is 9.68. The van der Waals surface area contributed by atoms with Crippen molar-refractivity contribution in [1.29, 1.82) is 0 Å². The second-order valence-corrected chi connectivity index (χ2v) is 4.84. The topological polar surface area (TPSA) is 35.5 Å². The summed E-state index contributed by atoms with van der Waals surface area (Å²) in [5.74, 6) is 0. The third kappa shape index (κ3) is 3.45. The van der Waals surface area contributed by atoms with E-state index in [1.54, 1.807) is 0 Å². The number of hydrogen-bond acceptors (Lipinski definition) is 3. The zero-order valence-corrected chi connectivity index (χ0v) is 12.0. The molecule has 1 fully saturated rings. The number of aryl methyl sites for hydroxylation is 2. The van der Waals surface area contributed by atoms with Gasteiger partial charge in [-0.2, -0.15) is 0 Å². The van der Waals surface area contributed by atoms with Crippen molar-refractivity contribution in [2.45, 2.75) is 19.9 Å². The van der Waals surface area contributed by atoms with Crippen LogP contribution in [-0.2, 0) is 0 Å². The second kappa shape index (κ2) is 7.10. The van der Waals surface area contributed by atoms with Crippen molar-refractivity contribution in [1.82, 2.24) is 10.2 Å². The number of aliphatic hydroxyl groups is 1. The number of benzene rings is 1. The van der Waals surface area contributed by atoms with E-state index in [1.165, 1.54) is 16.7 Å². The van der Waals surface area contributed by atoms with E-state index in [4.69, 9.17) is 0 Å². The van der Waals surface area contributed by atoms with Crippen LogP contribution in [0.2, 0.25) is 0 Å². The Bertz CT molecular complexity index is 378. The molecule has 0 aromatic heterocycles. The number of nitrogens with one attached hydrogen (secondary N) is 1. The number of rotatable bonds is 3. The molecular weight excluding hydrogens is 248 g/mol. The van der Waals surface area contributed by atoms with Gasteiger partial charge in [-0.1, -0.05) is 23.8 Å². The summed E-state index contributed by atoms with van der Waals surface area (Å²) in [6, 6.07) is 6.63. The summed E-state index contributed by atoms with van der Waals surface area (Å²) in [4.78, 5) is 2.37. The van der Waals surface area contributed by atoms with Gasteiger partial charge in [0.05, 0.1) is 12.6 Å². The Hall–Kier alpha value is -0.610. The predicted octanol–water partition coefficient (Wildman–Crippen LogP) is 1.66. The first-order valence-corrected chi connectivity index (χ1v) is 6.35. The summed E-state index contributed by atoms with van der Waals surface area (Å²) in [6.45, 7) is 8.49. The summed E-state index contributed by atoms with van der Waals surface area (Å²) in [7, 11) is 0. The maximum Gasteiger partial charge on any atom is 0.0628 e. The molecule has 18 heavy (non-hydrogen) atoms. The van der Waals surface area contributed by atoms with Gasteiger partial charge in [0.1, 0.15) is 0 Å². The fourth-order valence-electron chi connectivity index (χ4n) is 2.52. The molecule has 1 heterocycles. The van der Waals surface area contributed by atoms with Gasteiger partial charge in [0.2, 0.25) is 0 Å². The molecule has 2 rings (SSSR count). The summed E-state index contributed by atoms with van der Waals surface area (Å²) in [5, 5.41) is 13.0. The minimum absolute atomic E-state index is 0. The van der Waals surface area contributed by atoms with Gasteiger partial charge in [-0.15, -0.1) is 12.4 Å². The molecule has 0 radical (unpaired) electrons. The van der Waals surface area contributed by atoms with Crippen LogP contribution in [0.4, 0.5) is 0 Å². The lowest BCUT2D eigenvalue weighted by Gasteiger charge is -2.35. The van der Waals surface area contributed by atoms with E-state index in [-0.39, 0.29) is 25.1 Å². The third-order valence-electron chi connectivity index (χ3n) is 3.56. The molecule has 0 unspecified atom stereocenters. The fraction of sp³-hybridized carbons (Fsp3) is 0.571. The Kier molecular flexibility index (Phi) is 6.09. The highest BCUT2D eigenvalue weighted by Gasteiger charge is 2.22. The third-order valence-corrected chi connectivity index (χ3v) is 3.56. The zero-order valence-electron chi connectivity index (χ0n) is 11.1. The van der Waals surface area contributed by atoms with Gasteiger partial charge in [0, 0.05) is 26.2 Å². The molecule has 3 nitrogen and oxygen atoms in total. The lowest BCUT2D eigenvalue weighted by molar-refractivity contribution is 0.110. The molecule has 1 aliphatic heterocycles. The quantitative estimate of drug-likeness (QED) is 0.877. The monoisotopic (exact) mass is 270 g/mol. The van der Waals surface area contributed by atoms with Crippen LogP contribution in [0, 0.1) is 13.8 Å². The Morgan fingerprint density at radius 1 is 1.28 bits per heavy atom. The van der Waals surface area contributed by atoms with Crippen LogP contribution in [0.1, 0.15) is 22.7 Å². The van der Waals surface area contributed by atoms with Gasteiger partial charge in [-0.25, -0.2) is 0 Å². The molecule has 1 aromatic rings. The maximum absolute atomic E-state index is 9.68. The first kappa shape index (κ1) is 15.4. The van der Waals surface area contributed by atoms with Gasteiger partial charge in [-0.3, -0.25) is 4.90 Å². The van der Waals surface area contributed by atoms with Crippen LogP contribution >= 0.6 is 12.4 Å². The summed E-state index contributed by atoms with van der Waals surface area (Å²) in [6.07, 6.45) is 0. The predicted molar refractivity (Wildman–Crippen MR) is 77.4 cm³/mol. The van der Waals surface area contributed by atoms with E-state index < -0.39 is 0 Å². The van der Waals surface area contributed by atoms with Crippen LogP contribution in [0.3, 0.4) is 0 Å². The number of aliphatic hydroxyl groups excluding tert-OH is 1. The fourth-order valence-corrected chi connectivity index (χ4v) is 2.52. The highest BCUT2D eigenvalue weighted by molar-refractivity contribution is 5.85. The first-order valence-electron chi connectivity index (χ1n) is 6.35. The summed E-state index contributed by atoms with van der Waals surface area (Å²) in [5.41, 5.74) is 3.81. The Morgan fingerprint density at radius 3 is 2.56 bits per heavy atom. The molecule has 1 atom stereocenters. The van der Waals surface area contributed by atoms with Crippen molar-refractivity contribution >= 4 is 12.4 Å². The molecule has 1 saturated heterocycles. The van der Waals surface area contributed by atoms with E-state index in [2.05, 4.69) is 42.3 Å². The minimum Gasteiger partial charge on any atom is -0.394 e. The van der Waals surface area contributed by atoms with Crippen molar-refractivity contribution in [2.75, 3.05) is 32.8 Å². The molecule has 0 bridgehead atoms. The van der Waals surface area contributed by atoms with Gasteiger partial charge in [0.25, 0.3) is 0 Å². The molecule has 2 N–H and O–H groups in total. The lowest BCUT2D eigenvalue weighted by atomic mass is 9.98. The van der Waals surface area contributed by atoms with Crippen LogP contribution in [0.15, 0.2) is 18.2 Å². The van der Waals surface area contributed by atoms with E-state index in [9.17, 15) is 5.11 Å². The SMILES string of the molecule is Cc1ccc(C)c([C@@H](CO)N2CCNCC2)c1.Cl. The highest BCUT2D eigenvalue weighted by atomic mass is 35.5. The normalized spacial score (nSPS) is 18.2. The molecular formula is C14H23ClN2O. The number of hydrogen-bond donors (Lipinski definition) is 2. The van der Waals surface area contributed by atoms with Gasteiger partial charge in [-0.05, 0) is 25.0 Å². The first-order chi connectivity index (χ1) is 8.22. The molecule has 102 valence electrons. The Morgan fingerprint density at radius 2 is 1.94 bits per heavy atom. The Balaban J connectivity index is 0.00000162. The Labute approximate surface area is 116 Å². The summed E-state index contributed by atoms with van der Waals surface area (Å²) < 4.78 is 0. The second-order valence-electron chi connectivity index (χ2n) is 4.84. The standard InChI is InChI=1S/C14H22N2O.ClH/c1-11-3-4-12(2)13(9-11)14(10-17)16-7-5-15-6-8-16;/h3-4,9,14-15,17H,5-8,10H2,1-2H3;1H/t14-;/m1./s1. The van der Waals surface area contributed by atoms with Crippen LogP contribution in [0.25, 0.3) is 0 Å². The average Bonchev–Trinajstić information content (AvgIpc) is 2.36. The number of piperazine rings is 1. The van der Waals surface area contributed by atoms with Crippen molar-refractivity contribution in [2.24, 2.45) is 0 Å². The molecule has 0 spiro atoms. The van der Waals surface area contributed by atoms with Gasteiger partial charge < -0.3 is 10.4 Å². The molecule has 1 aliphatic rings. The minimum atomic E-state index is 0. The van der Waals surface area contributed by atoms with E-state index in [1.807, 2.05) is 0 Å². The lowest BCUT2D eigenvalue weighted by Crippen LogP contribution is -2.46. The smallest absolute Gasteiger partial charge is 0.0628 e. The van der Waals surface area contributed by atoms with Gasteiger partial charge >= 0.3 is 0 Å². The highest BCUT2D eigenvalue weighted by Crippen LogP contribution is 2.24. The molecule has 4 heteroatoms. The van der Waals surface area contributed by atoms with Crippen molar-refractivity contribution in [3.05, 3.63) is 34.9 Å². The van der Waals surface area contributed by atoms with Crippen LogP contribution < -0.4 is 5.32 Å². The van der Waals surface area contributed by atoms with Crippen molar-refractivity contribution < 1.29 is 5.11 Å². The van der Waals surface area contributed by atoms with Crippen LogP contribution in [-0.4, -0.2) is 42.8 Å².